The van der Waals surface area contributed by atoms with Gasteiger partial charge < -0.3 is 5.32 Å². The van der Waals surface area contributed by atoms with Gasteiger partial charge in [-0.05, 0) is 163 Å². The maximum Gasteiger partial charge on any atom is 0.0135 e. The van der Waals surface area contributed by atoms with E-state index in [0.717, 1.165) is 95.7 Å². The average molecular weight is 686 g/mol. The van der Waals surface area contributed by atoms with Crippen molar-refractivity contribution in [1.29, 1.82) is 0 Å². The van der Waals surface area contributed by atoms with Gasteiger partial charge in [0.05, 0.1) is 0 Å². The molecule has 0 radical (unpaired) electrons. The molecule has 3 heterocycles. The number of hydrogen-bond acceptors (Lipinski definition) is 3. The van der Waals surface area contributed by atoms with Crippen LogP contribution in [0.4, 0.5) is 0 Å². The molecule has 282 valence electrons. The summed E-state index contributed by atoms with van der Waals surface area (Å²) in [7, 11) is 0. The summed E-state index contributed by atoms with van der Waals surface area (Å²) in [6.45, 7) is 0. The van der Waals surface area contributed by atoms with Crippen molar-refractivity contribution < 1.29 is 0 Å². The third kappa shape index (κ3) is 6.43. The largest absolute Gasteiger partial charge is 0.311 e. The fraction of sp³-hybridized carbons (Fsp3) is 1.00. The minimum Gasteiger partial charge on any atom is -0.311 e. The summed E-state index contributed by atoms with van der Waals surface area (Å²) in [4.78, 5) is 6.70. The molecule has 3 heteroatoms. The lowest BCUT2D eigenvalue weighted by molar-refractivity contribution is 0.00535. The zero-order valence-electron chi connectivity index (χ0n) is 32.6. The lowest BCUT2D eigenvalue weighted by Crippen LogP contribution is -2.60. The number of piperidine rings is 1. The maximum absolute atomic E-state index is 4.49. The molecule has 50 heavy (non-hydrogen) atoms. The van der Waals surface area contributed by atoms with Gasteiger partial charge in [-0.2, -0.15) is 0 Å². The molecule has 1 N–H and O–H groups in total. The molecule has 7 saturated carbocycles. The highest BCUT2D eigenvalue weighted by atomic mass is 15.3. The Morgan fingerprint density at radius 1 is 0.280 bits per heavy atom. The third-order valence-corrected chi connectivity index (χ3v) is 19.0. The minimum atomic E-state index is 0.814. The molecule has 0 aromatic heterocycles. The van der Waals surface area contributed by atoms with Crippen LogP contribution in [0, 0.1) is 47.3 Å². The minimum absolute atomic E-state index is 0.814. The predicted molar refractivity (Wildman–Crippen MR) is 208 cm³/mol. The Labute approximate surface area is 309 Å². The SMILES string of the molecule is C1CCC(C2CC(N3C4CCCCC4C4CCC(C5CCC6C(C5)C5CCCCC5N6C5CCCCC5)CC43)CC(C3CCCCC3)N2)CC1. The van der Waals surface area contributed by atoms with Crippen LogP contribution in [-0.4, -0.2) is 58.1 Å². The van der Waals surface area contributed by atoms with Gasteiger partial charge in [0.1, 0.15) is 0 Å². The van der Waals surface area contributed by atoms with Crippen molar-refractivity contribution in [2.24, 2.45) is 47.3 Å². The molecular weight excluding hydrogens is 607 g/mol. The van der Waals surface area contributed by atoms with E-state index in [-0.39, 0.29) is 0 Å². The number of fused-ring (bicyclic) bond motifs is 6. The second-order valence-corrected chi connectivity index (χ2v) is 21.1. The topological polar surface area (TPSA) is 18.5 Å². The van der Waals surface area contributed by atoms with Gasteiger partial charge in [-0.3, -0.25) is 9.80 Å². The standard InChI is InChI=1S/C47H79N3/c1-4-14-32(15-5-1)42-30-37(31-43(48-42)33-16-6-2-7-17-33)50-44-22-12-10-20-38(44)40-26-24-35(29-47(40)50)34-25-27-46-41(28-34)39-21-11-13-23-45(39)49(46)36-18-8-3-9-19-36/h32-48H,1-31H2. The summed E-state index contributed by atoms with van der Waals surface area (Å²) >= 11 is 0. The molecule has 0 spiro atoms. The molecule has 12 atom stereocenters. The first-order valence-corrected chi connectivity index (χ1v) is 24.1. The van der Waals surface area contributed by atoms with Crippen LogP contribution in [0.5, 0.6) is 0 Å². The van der Waals surface area contributed by atoms with Gasteiger partial charge in [-0.15, -0.1) is 0 Å². The van der Waals surface area contributed by atoms with Gasteiger partial charge in [-0.25, -0.2) is 0 Å². The van der Waals surface area contributed by atoms with E-state index in [9.17, 15) is 0 Å². The molecule has 12 unspecified atom stereocenters. The number of rotatable bonds is 5. The van der Waals surface area contributed by atoms with Gasteiger partial charge >= 0.3 is 0 Å². The Bertz CT molecular complexity index is 1080. The van der Waals surface area contributed by atoms with E-state index < -0.39 is 0 Å². The van der Waals surface area contributed by atoms with Crippen LogP contribution in [0.1, 0.15) is 199 Å². The van der Waals surface area contributed by atoms with Crippen molar-refractivity contribution >= 4 is 0 Å². The Morgan fingerprint density at radius 3 is 1.38 bits per heavy atom. The molecule has 0 aromatic rings. The average Bonchev–Trinajstić information content (AvgIpc) is 3.71. The van der Waals surface area contributed by atoms with E-state index in [0.29, 0.717) is 0 Å². The number of nitrogens with one attached hydrogen (secondary N) is 1. The van der Waals surface area contributed by atoms with E-state index in [4.69, 9.17) is 0 Å². The van der Waals surface area contributed by atoms with Crippen molar-refractivity contribution in [3.05, 3.63) is 0 Å². The molecular formula is C47H79N3. The summed E-state index contributed by atoms with van der Waals surface area (Å²) in [6.07, 6.45) is 47.6. The highest BCUT2D eigenvalue weighted by Crippen LogP contribution is 2.58. The Balaban J connectivity index is 0.886. The number of likely N-dealkylation sites (tertiary alicyclic amines) is 2. The predicted octanol–water partition coefficient (Wildman–Crippen LogP) is 11.3. The first kappa shape index (κ1) is 34.4. The van der Waals surface area contributed by atoms with Crippen LogP contribution in [0.15, 0.2) is 0 Å². The van der Waals surface area contributed by atoms with Crippen molar-refractivity contribution in [3.8, 4) is 0 Å². The van der Waals surface area contributed by atoms with Crippen LogP contribution in [0.2, 0.25) is 0 Å². The molecule has 3 saturated heterocycles. The highest BCUT2D eigenvalue weighted by Gasteiger charge is 2.57. The summed E-state index contributed by atoms with van der Waals surface area (Å²) in [6, 6.07) is 7.28. The molecule has 0 amide bonds. The summed E-state index contributed by atoms with van der Waals surface area (Å²) in [5.74, 6) is 8.22. The Hall–Kier alpha value is -0.120. The first-order valence-electron chi connectivity index (χ1n) is 24.1. The van der Waals surface area contributed by atoms with E-state index in [2.05, 4.69) is 15.1 Å². The fourth-order valence-corrected chi connectivity index (χ4v) is 17.0. The number of nitrogens with zero attached hydrogens (tertiary/aromatic N) is 2. The quantitative estimate of drug-likeness (QED) is 0.311. The third-order valence-electron chi connectivity index (χ3n) is 19.0. The zero-order valence-corrected chi connectivity index (χ0v) is 32.6. The number of hydrogen-bond donors (Lipinski definition) is 1. The molecule has 3 aliphatic heterocycles. The van der Waals surface area contributed by atoms with Crippen molar-refractivity contribution in [1.82, 2.24) is 15.1 Å². The molecule has 3 nitrogen and oxygen atoms in total. The molecule has 10 aliphatic rings. The van der Waals surface area contributed by atoms with E-state index >= 15 is 0 Å². The van der Waals surface area contributed by atoms with Gasteiger partial charge in [-0.1, -0.05) is 83.5 Å². The second kappa shape index (κ2) is 15.2. The lowest BCUT2D eigenvalue weighted by atomic mass is 9.62. The van der Waals surface area contributed by atoms with Crippen LogP contribution in [-0.2, 0) is 0 Å². The van der Waals surface area contributed by atoms with Crippen LogP contribution in [0.25, 0.3) is 0 Å². The van der Waals surface area contributed by atoms with Gasteiger partial charge in [0.15, 0.2) is 0 Å². The molecule has 0 bridgehead atoms. The van der Waals surface area contributed by atoms with Crippen molar-refractivity contribution in [2.45, 2.75) is 247 Å². The first-order chi connectivity index (χ1) is 24.8. The Morgan fingerprint density at radius 2 is 0.740 bits per heavy atom. The molecule has 10 fully saturated rings. The van der Waals surface area contributed by atoms with Gasteiger partial charge in [0, 0.05) is 48.3 Å². The van der Waals surface area contributed by atoms with Crippen LogP contribution < -0.4 is 5.32 Å². The normalized spacial score (nSPS) is 48.8. The second-order valence-electron chi connectivity index (χ2n) is 21.1. The van der Waals surface area contributed by atoms with Gasteiger partial charge in [0.25, 0.3) is 0 Å². The molecule has 10 rings (SSSR count). The summed E-state index contributed by atoms with van der Waals surface area (Å²) in [5.41, 5.74) is 0. The highest BCUT2D eigenvalue weighted by molar-refractivity contribution is 5.11. The van der Waals surface area contributed by atoms with Crippen molar-refractivity contribution in [3.63, 3.8) is 0 Å². The maximum atomic E-state index is 4.49. The summed E-state index contributed by atoms with van der Waals surface area (Å²) < 4.78 is 0. The monoisotopic (exact) mass is 686 g/mol. The van der Waals surface area contributed by atoms with E-state index in [1.807, 2.05) is 0 Å². The summed E-state index contributed by atoms with van der Waals surface area (Å²) in [5, 5.41) is 4.49. The van der Waals surface area contributed by atoms with E-state index in [1.165, 1.54) is 128 Å². The fourth-order valence-electron chi connectivity index (χ4n) is 17.0. The van der Waals surface area contributed by atoms with E-state index in [1.54, 1.807) is 70.6 Å². The van der Waals surface area contributed by atoms with Crippen LogP contribution in [0.3, 0.4) is 0 Å². The lowest BCUT2D eigenvalue weighted by Gasteiger charge is -2.51. The van der Waals surface area contributed by atoms with Gasteiger partial charge in [0.2, 0.25) is 0 Å². The van der Waals surface area contributed by atoms with Crippen molar-refractivity contribution in [2.75, 3.05) is 0 Å². The molecule has 0 aromatic carbocycles. The Kier molecular flexibility index (Phi) is 10.4. The smallest absolute Gasteiger partial charge is 0.0135 e. The van der Waals surface area contributed by atoms with Crippen LogP contribution >= 0.6 is 0 Å². The molecule has 7 aliphatic carbocycles. The zero-order chi connectivity index (χ0) is 33.0.